The topological polar surface area (TPSA) is 73.0 Å². The number of barbiturate groups is 1. The molecule has 2 fully saturated rings. The lowest BCUT2D eigenvalue weighted by Crippen LogP contribution is -2.75. The largest absolute Gasteiger partial charge is 0.364 e. The standard InChI is InChI=1S/C19H24N4O3/c1-12(2)23-17(25)19(16(24)20-18(23)26)10-13-6-4-5-7-14(13)22-9-8-21(3)11-15(19)22/h4-7,12,15H,8-11H2,1-3H3,(H,20,24,26)/t15-,19-/m0/s1. The zero-order chi connectivity index (χ0) is 18.6. The molecule has 3 aliphatic rings. The van der Waals surface area contributed by atoms with Gasteiger partial charge in [0.15, 0.2) is 5.41 Å². The number of anilines is 1. The van der Waals surface area contributed by atoms with E-state index in [2.05, 4.69) is 21.2 Å². The summed E-state index contributed by atoms with van der Waals surface area (Å²) in [6.07, 6.45) is 0.319. The first-order valence-electron chi connectivity index (χ1n) is 9.08. The van der Waals surface area contributed by atoms with Crippen LogP contribution in [0.3, 0.4) is 0 Å². The molecule has 0 radical (unpaired) electrons. The lowest BCUT2D eigenvalue weighted by molar-refractivity contribution is -0.155. The van der Waals surface area contributed by atoms with Crippen molar-refractivity contribution >= 4 is 23.5 Å². The molecular formula is C19H24N4O3. The number of piperazine rings is 1. The maximum absolute atomic E-state index is 13.5. The molecule has 0 aliphatic carbocycles. The molecular weight excluding hydrogens is 332 g/mol. The summed E-state index contributed by atoms with van der Waals surface area (Å²) in [6, 6.07) is 6.73. The Balaban J connectivity index is 1.89. The Kier molecular flexibility index (Phi) is 3.80. The van der Waals surface area contributed by atoms with E-state index in [0.29, 0.717) is 13.0 Å². The number of carbonyl (C=O) groups is 3. The van der Waals surface area contributed by atoms with Crippen molar-refractivity contribution in [1.29, 1.82) is 0 Å². The minimum atomic E-state index is -1.28. The highest BCUT2D eigenvalue weighted by Gasteiger charge is 2.62. The van der Waals surface area contributed by atoms with Crippen LogP contribution in [-0.2, 0) is 16.0 Å². The van der Waals surface area contributed by atoms with Crippen molar-refractivity contribution in [3.05, 3.63) is 29.8 Å². The summed E-state index contributed by atoms with van der Waals surface area (Å²) in [6.45, 7) is 5.80. The molecule has 7 nitrogen and oxygen atoms in total. The first-order valence-corrected chi connectivity index (χ1v) is 9.08. The average Bonchev–Trinajstić information content (AvgIpc) is 2.59. The molecule has 3 heterocycles. The lowest BCUT2D eigenvalue weighted by atomic mass is 9.67. The van der Waals surface area contributed by atoms with Crippen molar-refractivity contribution < 1.29 is 14.4 Å². The van der Waals surface area contributed by atoms with E-state index in [-0.39, 0.29) is 18.0 Å². The molecule has 0 bridgehead atoms. The van der Waals surface area contributed by atoms with Gasteiger partial charge in [0.1, 0.15) is 0 Å². The number of amides is 4. The number of hydrogen-bond donors (Lipinski definition) is 1. The molecule has 3 aliphatic heterocycles. The molecule has 1 aromatic carbocycles. The van der Waals surface area contributed by atoms with Crippen LogP contribution in [0.5, 0.6) is 0 Å². The third-order valence-corrected chi connectivity index (χ3v) is 5.88. The Morgan fingerprint density at radius 1 is 1.15 bits per heavy atom. The van der Waals surface area contributed by atoms with Crippen molar-refractivity contribution in [3.8, 4) is 0 Å². The fourth-order valence-corrected chi connectivity index (χ4v) is 4.58. The van der Waals surface area contributed by atoms with Gasteiger partial charge >= 0.3 is 6.03 Å². The third kappa shape index (κ3) is 2.19. The quantitative estimate of drug-likeness (QED) is 0.755. The molecule has 1 N–H and O–H groups in total. The monoisotopic (exact) mass is 356 g/mol. The molecule has 1 spiro atoms. The Labute approximate surface area is 152 Å². The van der Waals surface area contributed by atoms with E-state index in [1.54, 1.807) is 13.8 Å². The summed E-state index contributed by atoms with van der Waals surface area (Å²) in [5.74, 6) is -0.842. The van der Waals surface area contributed by atoms with Gasteiger partial charge in [-0.1, -0.05) is 18.2 Å². The van der Waals surface area contributed by atoms with Crippen molar-refractivity contribution in [1.82, 2.24) is 15.1 Å². The zero-order valence-electron chi connectivity index (χ0n) is 15.4. The molecule has 1 aromatic rings. The fraction of sp³-hybridized carbons (Fsp3) is 0.526. The number of carbonyl (C=O) groups excluding carboxylic acids is 3. The number of benzene rings is 1. The van der Waals surface area contributed by atoms with Gasteiger partial charge in [0, 0.05) is 31.4 Å². The second kappa shape index (κ2) is 5.81. The van der Waals surface area contributed by atoms with Crippen LogP contribution >= 0.6 is 0 Å². The Morgan fingerprint density at radius 2 is 1.88 bits per heavy atom. The molecule has 7 heteroatoms. The summed E-state index contributed by atoms with van der Waals surface area (Å²) in [7, 11) is 2.00. The van der Waals surface area contributed by atoms with E-state index in [9.17, 15) is 14.4 Å². The predicted molar refractivity (Wildman–Crippen MR) is 96.7 cm³/mol. The van der Waals surface area contributed by atoms with Crippen LogP contribution in [0.15, 0.2) is 24.3 Å². The number of imide groups is 2. The van der Waals surface area contributed by atoms with E-state index in [0.717, 1.165) is 24.3 Å². The first-order chi connectivity index (χ1) is 12.4. The highest BCUT2D eigenvalue weighted by Crippen LogP contribution is 2.45. The van der Waals surface area contributed by atoms with Gasteiger partial charge in [-0.2, -0.15) is 0 Å². The molecule has 0 aromatic heterocycles. The summed E-state index contributed by atoms with van der Waals surface area (Å²) in [5.41, 5.74) is 0.793. The van der Waals surface area contributed by atoms with Crippen LogP contribution in [0.1, 0.15) is 19.4 Å². The maximum Gasteiger partial charge on any atom is 0.331 e. The number of hydrogen-bond acceptors (Lipinski definition) is 5. The highest BCUT2D eigenvalue weighted by atomic mass is 16.2. The third-order valence-electron chi connectivity index (χ3n) is 5.88. The summed E-state index contributed by atoms with van der Waals surface area (Å²) >= 11 is 0. The summed E-state index contributed by atoms with van der Waals surface area (Å²) in [4.78, 5) is 44.5. The second-order valence-electron chi connectivity index (χ2n) is 7.78. The Bertz CT molecular complexity index is 793. The highest BCUT2D eigenvalue weighted by molar-refractivity contribution is 6.20. The van der Waals surface area contributed by atoms with Gasteiger partial charge in [0.2, 0.25) is 11.8 Å². The van der Waals surface area contributed by atoms with E-state index in [1.807, 2.05) is 25.2 Å². The zero-order valence-corrected chi connectivity index (χ0v) is 15.4. The number of nitrogens with zero attached hydrogens (tertiary/aromatic N) is 3. The molecule has 4 amide bonds. The van der Waals surface area contributed by atoms with Crippen molar-refractivity contribution in [2.45, 2.75) is 32.4 Å². The minimum Gasteiger partial charge on any atom is -0.364 e. The SMILES string of the molecule is CC(C)N1C(=O)NC(=O)[C@@]2(Cc3ccccc3N3CCN(C)C[C@H]32)C1=O. The fourth-order valence-electron chi connectivity index (χ4n) is 4.58. The number of nitrogens with one attached hydrogen (secondary N) is 1. The maximum atomic E-state index is 13.5. The van der Waals surface area contributed by atoms with Gasteiger partial charge in [-0.15, -0.1) is 0 Å². The van der Waals surface area contributed by atoms with Crippen molar-refractivity contribution in [2.75, 3.05) is 31.6 Å². The number of rotatable bonds is 1. The van der Waals surface area contributed by atoms with Gasteiger partial charge in [-0.3, -0.25) is 19.8 Å². The molecule has 138 valence electrons. The van der Waals surface area contributed by atoms with E-state index >= 15 is 0 Å². The second-order valence-corrected chi connectivity index (χ2v) is 7.78. The smallest absolute Gasteiger partial charge is 0.331 e. The van der Waals surface area contributed by atoms with Crippen LogP contribution in [0.4, 0.5) is 10.5 Å². The number of fused-ring (bicyclic) bond motifs is 4. The number of likely N-dealkylation sites (N-methyl/N-ethyl adjacent to an activating group) is 1. The van der Waals surface area contributed by atoms with Gasteiger partial charge in [0.05, 0.1) is 6.04 Å². The van der Waals surface area contributed by atoms with Crippen molar-refractivity contribution in [2.24, 2.45) is 5.41 Å². The first kappa shape index (κ1) is 17.0. The van der Waals surface area contributed by atoms with Crippen LogP contribution in [0.25, 0.3) is 0 Å². The van der Waals surface area contributed by atoms with Gasteiger partial charge in [0.25, 0.3) is 0 Å². The Morgan fingerprint density at radius 3 is 2.62 bits per heavy atom. The number of urea groups is 1. The van der Waals surface area contributed by atoms with E-state index in [4.69, 9.17) is 0 Å². The van der Waals surface area contributed by atoms with Crippen LogP contribution in [0, 0.1) is 5.41 Å². The van der Waals surface area contributed by atoms with Gasteiger partial charge in [-0.05, 0) is 38.9 Å². The normalized spacial score (nSPS) is 29.1. The summed E-state index contributed by atoms with van der Waals surface area (Å²) < 4.78 is 0. The minimum absolute atomic E-state index is 0.294. The molecule has 4 rings (SSSR count). The Hall–Kier alpha value is -2.41. The van der Waals surface area contributed by atoms with Crippen LogP contribution < -0.4 is 10.2 Å². The molecule has 2 atom stereocenters. The van der Waals surface area contributed by atoms with Crippen LogP contribution in [-0.4, -0.2) is 66.4 Å². The van der Waals surface area contributed by atoms with Gasteiger partial charge < -0.3 is 9.80 Å². The molecule has 0 saturated carbocycles. The average molecular weight is 356 g/mol. The van der Waals surface area contributed by atoms with E-state index in [1.165, 1.54) is 4.90 Å². The molecule has 26 heavy (non-hydrogen) atoms. The summed E-state index contributed by atoms with van der Waals surface area (Å²) in [5, 5.41) is 2.46. The van der Waals surface area contributed by atoms with E-state index < -0.39 is 17.4 Å². The van der Waals surface area contributed by atoms with Crippen molar-refractivity contribution in [3.63, 3.8) is 0 Å². The number of para-hydroxylation sites is 1. The van der Waals surface area contributed by atoms with Crippen LogP contribution in [0.2, 0.25) is 0 Å². The van der Waals surface area contributed by atoms with Gasteiger partial charge in [-0.25, -0.2) is 4.79 Å². The molecule has 0 unspecified atom stereocenters. The lowest BCUT2D eigenvalue weighted by Gasteiger charge is -2.55. The molecule has 2 saturated heterocycles. The predicted octanol–water partition coefficient (Wildman–Crippen LogP) is 0.836.